The number of hydrogen-bond acceptors (Lipinski definition) is 2. The molecule has 210 valence electrons. The van der Waals surface area contributed by atoms with Crippen molar-refractivity contribution in [2.45, 2.75) is 35.9 Å². The van der Waals surface area contributed by atoms with Crippen LogP contribution < -0.4 is 15.6 Å². The molecule has 0 radical (unpaired) electrons. The SMILES string of the molecule is FC(F)(F)C1(C(F)(F)F)O[Si-]2(c3ccccc3)(OC(C(F)(F)F)(C(F)(F)F)c3ccccc32)c2ccccc21. The van der Waals surface area contributed by atoms with E-state index >= 15 is 0 Å². The Hall–Kier alpha value is -3.04. The number of alkyl halides is 12. The summed E-state index contributed by atoms with van der Waals surface area (Å²) in [5.41, 5.74) is -14.1. The molecule has 0 saturated carbocycles. The number of halogens is 12. The van der Waals surface area contributed by atoms with Crippen LogP contribution in [0, 0.1) is 0 Å². The van der Waals surface area contributed by atoms with Crippen molar-refractivity contribution in [2.75, 3.05) is 0 Å². The van der Waals surface area contributed by atoms with Crippen LogP contribution in [0.3, 0.4) is 0 Å². The van der Waals surface area contributed by atoms with Gasteiger partial charge >= 0.3 is 211 Å². The topological polar surface area (TPSA) is 18.5 Å². The second-order valence-corrected chi connectivity index (χ2v) is 13.3. The fourth-order valence-electron chi connectivity index (χ4n) is 5.79. The number of rotatable bonds is 1. The van der Waals surface area contributed by atoms with Gasteiger partial charge in [0.2, 0.25) is 0 Å². The zero-order chi connectivity index (χ0) is 28.9. The average molecular weight is 589 g/mol. The van der Waals surface area contributed by atoms with E-state index in [9.17, 15) is 52.7 Å². The molecule has 0 fully saturated rings. The van der Waals surface area contributed by atoms with E-state index in [1.54, 1.807) is 0 Å². The van der Waals surface area contributed by atoms with Crippen molar-refractivity contribution in [2.24, 2.45) is 0 Å². The van der Waals surface area contributed by atoms with E-state index in [2.05, 4.69) is 0 Å². The van der Waals surface area contributed by atoms with Crippen LogP contribution >= 0.6 is 0 Å². The van der Waals surface area contributed by atoms with Gasteiger partial charge in [0.05, 0.1) is 0 Å². The second kappa shape index (κ2) is 7.57. The van der Waals surface area contributed by atoms with Gasteiger partial charge in [-0.25, -0.2) is 0 Å². The van der Waals surface area contributed by atoms with Gasteiger partial charge in [0.1, 0.15) is 0 Å². The molecule has 0 unspecified atom stereocenters. The first-order valence-electron chi connectivity index (χ1n) is 10.9. The fraction of sp³-hybridized carbons (Fsp3) is 0.250. The minimum atomic E-state index is -7.26. The number of benzene rings is 3. The quantitative estimate of drug-likeness (QED) is 0.264. The standard InChI is InChI=1S/C24H13F12O2Si/c25-21(26,27)19(22(28,29)30)15-10-4-6-12-17(15)39(37-19,14-8-2-1-3-9-14)18-13-7-5-11-16(18)20(38-39,23(31,32)33)24(34,35)36/h1-13H/q-1. The molecule has 0 saturated heterocycles. The third-order valence-electron chi connectivity index (χ3n) is 7.18. The van der Waals surface area contributed by atoms with Crippen LogP contribution in [0.2, 0.25) is 0 Å². The molecule has 1 spiro atoms. The van der Waals surface area contributed by atoms with Gasteiger partial charge < -0.3 is 0 Å². The summed E-state index contributed by atoms with van der Waals surface area (Å²) in [4.78, 5) is 0. The molecule has 0 aliphatic carbocycles. The predicted molar refractivity (Wildman–Crippen MR) is 114 cm³/mol. The van der Waals surface area contributed by atoms with E-state index in [0.717, 1.165) is 48.5 Å². The Labute approximate surface area is 211 Å². The second-order valence-electron chi connectivity index (χ2n) is 9.09. The van der Waals surface area contributed by atoms with Gasteiger partial charge in [0, 0.05) is 0 Å². The molecule has 3 aromatic carbocycles. The maximum absolute atomic E-state index is 14.6. The Balaban J connectivity index is 2.11. The summed E-state index contributed by atoms with van der Waals surface area (Å²) in [6, 6.07) is 9.96. The van der Waals surface area contributed by atoms with Crippen LogP contribution in [0.5, 0.6) is 0 Å². The molecule has 2 heterocycles. The van der Waals surface area contributed by atoms with E-state index in [-0.39, 0.29) is 0 Å². The van der Waals surface area contributed by atoms with E-state index in [4.69, 9.17) is 8.85 Å². The Morgan fingerprint density at radius 1 is 0.436 bits per heavy atom. The van der Waals surface area contributed by atoms with Gasteiger partial charge in [-0.15, -0.1) is 0 Å². The molecule has 0 atom stereocenters. The van der Waals surface area contributed by atoms with Gasteiger partial charge in [0.15, 0.2) is 0 Å². The minimum absolute atomic E-state index is 0.319. The van der Waals surface area contributed by atoms with Gasteiger partial charge in [0.25, 0.3) is 0 Å². The first-order valence-corrected chi connectivity index (χ1v) is 13.2. The van der Waals surface area contributed by atoms with Crippen LogP contribution in [-0.2, 0) is 20.1 Å². The van der Waals surface area contributed by atoms with Crippen molar-refractivity contribution in [3.8, 4) is 0 Å². The summed E-state index contributed by atoms with van der Waals surface area (Å²) in [6.45, 7) is 0. The predicted octanol–water partition coefficient (Wildman–Crippen LogP) is 5.80. The summed E-state index contributed by atoms with van der Waals surface area (Å²) in [6.07, 6.45) is -25.6. The Morgan fingerprint density at radius 2 is 0.744 bits per heavy atom. The summed E-state index contributed by atoms with van der Waals surface area (Å²) < 4.78 is 186. The molecule has 0 bridgehead atoms. The van der Waals surface area contributed by atoms with Crippen molar-refractivity contribution >= 4 is 23.4 Å². The maximum atomic E-state index is 14.6. The van der Waals surface area contributed by atoms with Gasteiger partial charge in [-0.2, -0.15) is 0 Å². The van der Waals surface area contributed by atoms with E-state index < -0.39 is 70.4 Å². The van der Waals surface area contributed by atoms with Crippen molar-refractivity contribution in [3.05, 3.63) is 90.0 Å². The summed E-state index contributed by atoms with van der Waals surface area (Å²) in [5, 5.41) is -3.22. The molecule has 39 heavy (non-hydrogen) atoms. The monoisotopic (exact) mass is 589 g/mol. The molecule has 3 aromatic rings. The molecule has 2 aliphatic heterocycles. The van der Waals surface area contributed by atoms with Crippen molar-refractivity contribution < 1.29 is 61.5 Å². The van der Waals surface area contributed by atoms with Crippen molar-refractivity contribution in [3.63, 3.8) is 0 Å². The van der Waals surface area contributed by atoms with Gasteiger partial charge in [-0.05, 0) is 0 Å². The molecule has 2 aliphatic rings. The van der Waals surface area contributed by atoms with Crippen LogP contribution in [0.1, 0.15) is 11.1 Å². The third kappa shape index (κ3) is 2.98. The van der Waals surface area contributed by atoms with Gasteiger partial charge in [-0.3, -0.25) is 0 Å². The number of hydrogen-bond donors (Lipinski definition) is 0. The zero-order valence-corrected chi connectivity index (χ0v) is 19.9. The molecule has 0 aromatic heterocycles. The van der Waals surface area contributed by atoms with E-state index in [1.807, 2.05) is 0 Å². The third-order valence-corrected chi connectivity index (χ3v) is 12.8. The first kappa shape index (κ1) is 27.5. The van der Waals surface area contributed by atoms with E-state index in [1.165, 1.54) is 6.07 Å². The van der Waals surface area contributed by atoms with Crippen LogP contribution in [0.15, 0.2) is 78.9 Å². The summed E-state index contributed by atoms with van der Waals surface area (Å²) in [7, 11) is -7.26. The van der Waals surface area contributed by atoms with Crippen LogP contribution in [-0.4, -0.2) is 32.5 Å². The molecule has 0 amide bonds. The first-order chi connectivity index (χ1) is 17.8. The van der Waals surface area contributed by atoms with Crippen LogP contribution in [0.4, 0.5) is 52.7 Å². The normalized spacial score (nSPS) is 22.1. The van der Waals surface area contributed by atoms with Crippen molar-refractivity contribution in [1.29, 1.82) is 0 Å². The summed E-state index contributed by atoms with van der Waals surface area (Å²) >= 11 is 0. The average Bonchev–Trinajstić information content (AvgIpc) is 3.29. The van der Waals surface area contributed by atoms with E-state index in [0.29, 0.717) is 24.3 Å². The molecule has 2 nitrogen and oxygen atoms in total. The van der Waals surface area contributed by atoms with Gasteiger partial charge in [-0.1, -0.05) is 0 Å². The van der Waals surface area contributed by atoms with Crippen LogP contribution in [0.25, 0.3) is 0 Å². The molecule has 0 N–H and O–H groups in total. The van der Waals surface area contributed by atoms with Crippen molar-refractivity contribution in [1.82, 2.24) is 0 Å². The fourth-order valence-corrected chi connectivity index (χ4v) is 12.4. The Bertz CT molecular complexity index is 1320. The molecular weight excluding hydrogens is 576 g/mol. The molecule has 5 rings (SSSR count). The Kier molecular flexibility index (Phi) is 5.34. The summed E-state index contributed by atoms with van der Waals surface area (Å²) in [5.74, 6) is 0. The Morgan fingerprint density at radius 3 is 1.08 bits per heavy atom. The molecule has 15 heteroatoms. The zero-order valence-electron chi connectivity index (χ0n) is 18.9. The number of fused-ring (bicyclic) bond motifs is 4. The molecular formula is C24H13F12O2Si-.